The molecule has 1 aromatic carbocycles. The average molecular weight is 231 g/mol. The Morgan fingerprint density at radius 3 is 2.12 bits per heavy atom. The normalized spacial score (nSPS) is 18.4. The van der Waals surface area contributed by atoms with Gasteiger partial charge in [0.15, 0.2) is 5.78 Å². The van der Waals surface area contributed by atoms with Crippen molar-refractivity contribution in [1.82, 2.24) is 0 Å². The van der Waals surface area contributed by atoms with Crippen LogP contribution >= 0.6 is 0 Å². The number of rotatable bonds is 1. The zero-order valence-corrected chi connectivity index (χ0v) is 10.5. The standard InChI is InChI=1S/C14H16O3/c1-6-7(2)9(4)13-11(15)5-10(14(16)17)12(13)8(6)3/h10H,5H2,1-4H3,(H,16,17)/p-1/t10-/m0/s1. The van der Waals surface area contributed by atoms with Crippen LogP contribution in [0.15, 0.2) is 0 Å². The number of carboxylic acid groups (broad SMARTS) is 1. The van der Waals surface area contributed by atoms with E-state index < -0.39 is 11.9 Å². The third-order valence-corrected chi connectivity index (χ3v) is 4.04. The topological polar surface area (TPSA) is 57.2 Å². The van der Waals surface area contributed by atoms with Crippen LogP contribution in [0.1, 0.15) is 50.5 Å². The summed E-state index contributed by atoms with van der Waals surface area (Å²) in [6, 6.07) is 0. The first-order valence-corrected chi connectivity index (χ1v) is 5.70. The molecule has 0 aromatic heterocycles. The zero-order valence-electron chi connectivity index (χ0n) is 10.5. The molecular formula is C14H15O3-. The summed E-state index contributed by atoms with van der Waals surface area (Å²) in [5, 5.41) is 11.1. The molecule has 1 aliphatic carbocycles. The fraction of sp³-hybridized carbons (Fsp3) is 0.429. The maximum atomic E-state index is 11.9. The number of fused-ring (bicyclic) bond motifs is 1. The van der Waals surface area contributed by atoms with Gasteiger partial charge in [0.25, 0.3) is 0 Å². The third kappa shape index (κ3) is 1.49. The van der Waals surface area contributed by atoms with Crippen molar-refractivity contribution in [2.24, 2.45) is 0 Å². The van der Waals surface area contributed by atoms with Gasteiger partial charge in [-0.15, -0.1) is 0 Å². The van der Waals surface area contributed by atoms with E-state index in [2.05, 4.69) is 0 Å². The van der Waals surface area contributed by atoms with Gasteiger partial charge in [-0.25, -0.2) is 0 Å². The first-order valence-electron chi connectivity index (χ1n) is 5.70. The lowest BCUT2D eigenvalue weighted by atomic mass is 9.87. The van der Waals surface area contributed by atoms with E-state index >= 15 is 0 Å². The fourth-order valence-electron chi connectivity index (χ4n) is 2.73. The summed E-state index contributed by atoms with van der Waals surface area (Å²) in [5.74, 6) is -1.99. The monoisotopic (exact) mass is 231 g/mol. The second-order valence-electron chi connectivity index (χ2n) is 4.79. The van der Waals surface area contributed by atoms with Gasteiger partial charge in [-0.05, 0) is 55.5 Å². The number of ketones is 1. The minimum absolute atomic E-state index is 0.0439. The van der Waals surface area contributed by atoms with Crippen molar-refractivity contribution in [1.29, 1.82) is 0 Å². The van der Waals surface area contributed by atoms with Gasteiger partial charge in [0.05, 0.1) is 0 Å². The summed E-state index contributed by atoms with van der Waals surface area (Å²) in [7, 11) is 0. The number of carbonyl (C=O) groups excluding carboxylic acids is 2. The van der Waals surface area contributed by atoms with Crippen LogP contribution in [-0.2, 0) is 4.79 Å². The molecule has 0 aliphatic heterocycles. The summed E-state index contributed by atoms with van der Waals surface area (Å²) in [5.41, 5.74) is 5.27. The Balaban J connectivity index is 2.82. The molecular weight excluding hydrogens is 216 g/mol. The van der Waals surface area contributed by atoms with Crippen LogP contribution < -0.4 is 5.11 Å². The molecule has 2 rings (SSSR count). The summed E-state index contributed by atoms with van der Waals surface area (Å²) in [6.45, 7) is 7.70. The molecule has 0 bridgehead atoms. The number of benzene rings is 1. The number of hydrogen-bond acceptors (Lipinski definition) is 3. The van der Waals surface area contributed by atoms with E-state index in [9.17, 15) is 14.7 Å². The predicted molar refractivity (Wildman–Crippen MR) is 62.1 cm³/mol. The van der Waals surface area contributed by atoms with Crippen molar-refractivity contribution in [2.45, 2.75) is 40.0 Å². The molecule has 0 saturated heterocycles. The van der Waals surface area contributed by atoms with Crippen molar-refractivity contribution in [2.75, 3.05) is 0 Å². The molecule has 0 spiro atoms. The first-order chi connectivity index (χ1) is 7.86. The highest BCUT2D eigenvalue weighted by Crippen LogP contribution is 2.39. The molecule has 0 unspecified atom stereocenters. The molecule has 3 nitrogen and oxygen atoms in total. The second-order valence-corrected chi connectivity index (χ2v) is 4.79. The molecule has 0 radical (unpaired) electrons. The Kier molecular flexibility index (Phi) is 2.57. The Morgan fingerprint density at radius 1 is 1.06 bits per heavy atom. The minimum atomic E-state index is -1.15. The summed E-state index contributed by atoms with van der Waals surface area (Å²) >= 11 is 0. The lowest BCUT2D eigenvalue weighted by Crippen LogP contribution is -2.29. The van der Waals surface area contributed by atoms with Crippen LogP contribution in [0, 0.1) is 27.7 Å². The summed E-state index contributed by atoms with van der Waals surface area (Å²) in [4.78, 5) is 23.0. The van der Waals surface area contributed by atoms with Gasteiger partial charge in [0.1, 0.15) is 0 Å². The van der Waals surface area contributed by atoms with E-state index in [1.54, 1.807) is 0 Å². The van der Waals surface area contributed by atoms with E-state index in [-0.39, 0.29) is 12.2 Å². The second kappa shape index (κ2) is 3.69. The molecule has 1 aromatic rings. The summed E-state index contributed by atoms with van der Waals surface area (Å²) < 4.78 is 0. The Morgan fingerprint density at radius 2 is 1.59 bits per heavy atom. The van der Waals surface area contributed by atoms with E-state index in [1.165, 1.54) is 0 Å². The van der Waals surface area contributed by atoms with E-state index in [0.717, 1.165) is 22.3 Å². The Bertz CT molecular complexity index is 541. The maximum Gasteiger partial charge on any atom is 0.164 e. The van der Waals surface area contributed by atoms with E-state index in [0.29, 0.717) is 11.1 Å². The van der Waals surface area contributed by atoms with Gasteiger partial charge in [0, 0.05) is 23.9 Å². The maximum absolute atomic E-state index is 11.9. The molecule has 1 aliphatic rings. The third-order valence-electron chi connectivity index (χ3n) is 4.04. The molecule has 1 atom stereocenters. The van der Waals surface area contributed by atoms with Crippen molar-refractivity contribution >= 4 is 11.8 Å². The van der Waals surface area contributed by atoms with Crippen LogP contribution in [-0.4, -0.2) is 11.8 Å². The Labute approximate surface area is 100 Å². The first kappa shape index (κ1) is 11.8. The van der Waals surface area contributed by atoms with Gasteiger partial charge in [-0.1, -0.05) is 0 Å². The van der Waals surface area contributed by atoms with Crippen molar-refractivity contribution in [3.8, 4) is 0 Å². The average Bonchev–Trinajstić information content (AvgIpc) is 2.61. The van der Waals surface area contributed by atoms with E-state index in [1.807, 2.05) is 27.7 Å². The number of hydrogen-bond donors (Lipinski definition) is 0. The van der Waals surface area contributed by atoms with Crippen LogP contribution in [0.2, 0.25) is 0 Å². The molecule has 0 N–H and O–H groups in total. The highest BCUT2D eigenvalue weighted by molar-refractivity contribution is 6.07. The number of carboxylic acids is 1. The van der Waals surface area contributed by atoms with Crippen molar-refractivity contribution < 1.29 is 14.7 Å². The van der Waals surface area contributed by atoms with Gasteiger partial charge in [0.2, 0.25) is 0 Å². The molecule has 0 saturated carbocycles. The van der Waals surface area contributed by atoms with Crippen molar-refractivity contribution in [3.05, 3.63) is 33.4 Å². The van der Waals surface area contributed by atoms with Crippen LogP contribution in [0.25, 0.3) is 0 Å². The van der Waals surface area contributed by atoms with Crippen molar-refractivity contribution in [3.63, 3.8) is 0 Å². The molecule has 0 amide bonds. The minimum Gasteiger partial charge on any atom is -0.549 e. The lowest BCUT2D eigenvalue weighted by Gasteiger charge is -2.19. The Hall–Kier alpha value is -1.64. The van der Waals surface area contributed by atoms with Gasteiger partial charge < -0.3 is 9.90 Å². The van der Waals surface area contributed by atoms with Crippen LogP contribution in [0.3, 0.4) is 0 Å². The SMILES string of the molecule is Cc1c(C)c(C)c2c(c1C)C(=O)C[C@@H]2C(=O)[O-]. The fourth-order valence-corrected chi connectivity index (χ4v) is 2.73. The van der Waals surface area contributed by atoms with Crippen LogP contribution in [0.5, 0.6) is 0 Å². The molecule has 3 heteroatoms. The smallest absolute Gasteiger partial charge is 0.164 e. The zero-order chi connectivity index (χ0) is 12.9. The number of aliphatic carboxylic acids is 1. The van der Waals surface area contributed by atoms with E-state index in [4.69, 9.17) is 0 Å². The molecule has 17 heavy (non-hydrogen) atoms. The lowest BCUT2D eigenvalue weighted by molar-refractivity contribution is -0.307. The molecule has 90 valence electrons. The number of carbonyl (C=O) groups is 2. The molecule has 0 heterocycles. The van der Waals surface area contributed by atoms with Crippen LogP contribution in [0.4, 0.5) is 0 Å². The number of Topliss-reactive ketones (excluding diaryl/α,β-unsaturated/α-hetero) is 1. The molecule has 0 fully saturated rings. The summed E-state index contributed by atoms with van der Waals surface area (Å²) in [6.07, 6.45) is 0.0439. The van der Waals surface area contributed by atoms with Gasteiger partial charge in [-0.3, -0.25) is 4.79 Å². The highest BCUT2D eigenvalue weighted by Gasteiger charge is 2.34. The largest absolute Gasteiger partial charge is 0.549 e. The van der Waals surface area contributed by atoms with Gasteiger partial charge in [-0.2, -0.15) is 0 Å². The predicted octanol–water partition coefficient (Wildman–Crippen LogP) is 1.34. The van der Waals surface area contributed by atoms with Gasteiger partial charge >= 0.3 is 0 Å². The quantitative estimate of drug-likeness (QED) is 0.732. The highest BCUT2D eigenvalue weighted by atomic mass is 16.4.